The van der Waals surface area contributed by atoms with Gasteiger partial charge in [-0.1, -0.05) is 96.1 Å². The summed E-state index contributed by atoms with van der Waals surface area (Å²) in [5.74, 6) is 0. The van der Waals surface area contributed by atoms with E-state index in [0.717, 1.165) is 16.7 Å². The molecule has 0 bridgehead atoms. The molecule has 0 unspecified atom stereocenters. The summed E-state index contributed by atoms with van der Waals surface area (Å²) in [5, 5.41) is 0. The quantitative estimate of drug-likeness (QED) is 0.209. The second-order valence-electron chi connectivity index (χ2n) is 11.2. The van der Waals surface area contributed by atoms with Crippen LogP contribution >= 0.6 is 0 Å². The number of ether oxygens (including phenoxy) is 4. The second kappa shape index (κ2) is 13.7. The first-order valence-corrected chi connectivity index (χ1v) is 17.5. The third-order valence-corrected chi connectivity index (χ3v) is 10.4. The van der Waals surface area contributed by atoms with Gasteiger partial charge in [-0.05, 0) is 43.7 Å². The van der Waals surface area contributed by atoms with Crippen molar-refractivity contribution in [3.05, 3.63) is 131 Å². The summed E-state index contributed by atoms with van der Waals surface area (Å²) < 4.78 is 91.2. The van der Waals surface area contributed by atoms with Crippen molar-refractivity contribution in [3.8, 4) is 0 Å². The van der Waals surface area contributed by atoms with Gasteiger partial charge in [-0.15, -0.1) is 0 Å². The normalized spacial score (nSPS) is 25.1. The fraction of sp³-hybridized carbons (Fsp3) is 0.294. The largest absolute Gasteiger partial charge is 0.346 e. The smallest absolute Gasteiger partial charge is 0.297 e. The van der Waals surface area contributed by atoms with Crippen molar-refractivity contribution < 1.29 is 44.1 Å². The molecule has 4 aromatic rings. The second-order valence-corrected chi connectivity index (χ2v) is 14.3. The van der Waals surface area contributed by atoms with Crippen LogP contribution in [-0.2, 0) is 54.2 Å². The summed E-state index contributed by atoms with van der Waals surface area (Å²) in [7, 11) is -8.94. The van der Waals surface area contributed by atoms with Crippen molar-refractivity contribution in [2.75, 3.05) is 6.61 Å². The summed E-state index contributed by atoms with van der Waals surface area (Å²) in [6, 6.07) is 30.5. The first kappa shape index (κ1) is 32.5. The van der Waals surface area contributed by atoms with E-state index in [1.165, 1.54) is 24.3 Å². The molecule has 12 heteroatoms. The molecule has 10 nitrogen and oxygen atoms in total. The summed E-state index contributed by atoms with van der Waals surface area (Å²) in [6.07, 6.45) is -7.45. The standard InChI is InChI=1S/C34H34O10S2/c1-23-13-17-27(18-14-23)45(35,36)43-31-30-29(22-40-33(42-30)26-11-7-4-8-12-26)41-34(39-21-25-9-5-3-6-10-25)32(31)44-46(37,38)28-19-15-24(2)16-20-28/h3-20,29-34H,21-22H2,1-2H3/t29-,30-,31+,32-,33-,34+/m1/s1. The van der Waals surface area contributed by atoms with Crippen LogP contribution in [0, 0.1) is 13.8 Å². The maximum Gasteiger partial charge on any atom is 0.297 e. The zero-order valence-corrected chi connectivity index (χ0v) is 26.8. The van der Waals surface area contributed by atoms with E-state index < -0.39 is 57.2 Å². The van der Waals surface area contributed by atoms with E-state index in [1.54, 1.807) is 36.4 Å². The van der Waals surface area contributed by atoms with Gasteiger partial charge in [-0.2, -0.15) is 16.8 Å². The Hall–Kier alpha value is -3.46. The van der Waals surface area contributed by atoms with Crippen LogP contribution in [0.2, 0.25) is 0 Å². The number of fused-ring (bicyclic) bond motifs is 1. The lowest BCUT2D eigenvalue weighted by Gasteiger charge is -2.48. The van der Waals surface area contributed by atoms with Gasteiger partial charge in [0.15, 0.2) is 18.7 Å². The summed E-state index contributed by atoms with van der Waals surface area (Å²) in [6.45, 7) is 3.65. The molecule has 2 fully saturated rings. The molecular formula is C34H34O10S2. The number of hydrogen-bond donors (Lipinski definition) is 0. The minimum Gasteiger partial charge on any atom is -0.346 e. The molecule has 46 heavy (non-hydrogen) atoms. The lowest BCUT2D eigenvalue weighted by Crippen LogP contribution is -2.64. The molecule has 0 aliphatic carbocycles. The molecule has 242 valence electrons. The van der Waals surface area contributed by atoms with Crippen LogP contribution in [0.1, 0.15) is 28.5 Å². The van der Waals surface area contributed by atoms with Crippen LogP contribution in [0.3, 0.4) is 0 Å². The Morgan fingerprint density at radius 2 is 1.17 bits per heavy atom. The van der Waals surface area contributed by atoms with Crippen LogP contribution in [0.5, 0.6) is 0 Å². The third kappa shape index (κ3) is 7.40. The van der Waals surface area contributed by atoms with Crippen molar-refractivity contribution in [2.24, 2.45) is 0 Å². The molecule has 0 aromatic heterocycles. The van der Waals surface area contributed by atoms with Gasteiger partial charge in [0.1, 0.15) is 18.3 Å². The number of aryl methyl sites for hydroxylation is 2. The van der Waals surface area contributed by atoms with Gasteiger partial charge < -0.3 is 18.9 Å². The van der Waals surface area contributed by atoms with Gasteiger partial charge in [0.25, 0.3) is 20.2 Å². The van der Waals surface area contributed by atoms with Crippen LogP contribution < -0.4 is 0 Å². The zero-order chi connectivity index (χ0) is 32.3. The monoisotopic (exact) mass is 666 g/mol. The predicted molar refractivity (Wildman–Crippen MR) is 166 cm³/mol. The van der Waals surface area contributed by atoms with Gasteiger partial charge in [0.2, 0.25) is 0 Å². The molecule has 0 amide bonds. The maximum atomic E-state index is 13.7. The van der Waals surface area contributed by atoms with E-state index in [0.29, 0.717) is 5.56 Å². The van der Waals surface area contributed by atoms with E-state index in [1.807, 2.05) is 62.4 Å². The Kier molecular flexibility index (Phi) is 9.69. The summed E-state index contributed by atoms with van der Waals surface area (Å²) >= 11 is 0. The zero-order valence-electron chi connectivity index (χ0n) is 25.2. The number of hydrogen-bond acceptors (Lipinski definition) is 10. The van der Waals surface area contributed by atoms with Crippen molar-refractivity contribution >= 4 is 20.2 Å². The molecule has 6 atom stereocenters. The topological polar surface area (TPSA) is 124 Å². The van der Waals surface area contributed by atoms with Gasteiger partial charge in [-0.3, -0.25) is 8.37 Å². The van der Waals surface area contributed by atoms with Crippen LogP contribution in [0.15, 0.2) is 119 Å². The Bertz CT molecular complexity index is 1810. The first-order chi connectivity index (χ1) is 22.1. The van der Waals surface area contributed by atoms with E-state index in [2.05, 4.69) is 0 Å². The SMILES string of the molecule is Cc1ccc(S(=O)(=O)O[C@@H]2[C@@H](OS(=O)(=O)c3ccc(C)cc3)[C@@H](OCc3ccccc3)O[C@@H]3CO[C@@H](c4ccccc4)O[C@@H]23)cc1. The molecule has 0 N–H and O–H groups in total. The van der Waals surface area contributed by atoms with Gasteiger partial charge in [0.05, 0.1) is 23.0 Å². The third-order valence-electron chi connectivity index (χ3n) is 7.71. The first-order valence-electron chi connectivity index (χ1n) is 14.7. The Morgan fingerprint density at radius 1 is 0.652 bits per heavy atom. The summed E-state index contributed by atoms with van der Waals surface area (Å²) in [4.78, 5) is -0.244. The van der Waals surface area contributed by atoms with E-state index in [-0.39, 0.29) is 23.0 Å². The Balaban J connectivity index is 1.40. The molecule has 2 aliphatic rings. The fourth-order valence-electron chi connectivity index (χ4n) is 5.24. The predicted octanol–water partition coefficient (Wildman–Crippen LogP) is 5.21. The van der Waals surface area contributed by atoms with E-state index in [4.69, 9.17) is 27.3 Å². The molecule has 0 spiro atoms. The molecule has 4 aromatic carbocycles. The Labute approximate surface area is 269 Å². The van der Waals surface area contributed by atoms with Crippen LogP contribution in [-0.4, -0.2) is 54.1 Å². The maximum absolute atomic E-state index is 13.7. The van der Waals surface area contributed by atoms with Crippen molar-refractivity contribution in [1.29, 1.82) is 0 Å². The van der Waals surface area contributed by atoms with E-state index >= 15 is 0 Å². The van der Waals surface area contributed by atoms with Crippen molar-refractivity contribution in [1.82, 2.24) is 0 Å². The average molecular weight is 667 g/mol. The molecular weight excluding hydrogens is 632 g/mol. The van der Waals surface area contributed by atoms with Crippen molar-refractivity contribution in [2.45, 2.75) is 67.2 Å². The average Bonchev–Trinajstić information content (AvgIpc) is 3.06. The van der Waals surface area contributed by atoms with E-state index in [9.17, 15) is 16.8 Å². The Morgan fingerprint density at radius 3 is 1.74 bits per heavy atom. The minimum absolute atomic E-state index is 0.0130. The highest BCUT2D eigenvalue weighted by Crippen LogP contribution is 2.39. The van der Waals surface area contributed by atoms with Crippen molar-refractivity contribution in [3.63, 3.8) is 0 Å². The highest BCUT2D eigenvalue weighted by molar-refractivity contribution is 7.87. The number of benzene rings is 4. The molecule has 2 heterocycles. The number of rotatable bonds is 10. The van der Waals surface area contributed by atoms with Crippen LogP contribution in [0.25, 0.3) is 0 Å². The van der Waals surface area contributed by atoms with Crippen LogP contribution in [0.4, 0.5) is 0 Å². The van der Waals surface area contributed by atoms with Gasteiger partial charge in [-0.25, -0.2) is 0 Å². The lowest BCUT2D eigenvalue weighted by molar-refractivity contribution is -0.355. The summed E-state index contributed by atoms with van der Waals surface area (Å²) in [5.41, 5.74) is 3.15. The molecule has 0 saturated carbocycles. The molecule has 6 rings (SSSR count). The fourth-order valence-corrected chi connectivity index (χ4v) is 7.40. The highest BCUT2D eigenvalue weighted by Gasteiger charge is 2.55. The van der Waals surface area contributed by atoms with Gasteiger partial charge in [0, 0.05) is 5.56 Å². The highest BCUT2D eigenvalue weighted by atomic mass is 32.2. The minimum atomic E-state index is -4.48. The molecule has 2 aliphatic heterocycles. The molecule has 0 radical (unpaired) electrons. The lowest BCUT2D eigenvalue weighted by atomic mass is 9.98. The van der Waals surface area contributed by atoms with Gasteiger partial charge >= 0.3 is 0 Å². The molecule has 2 saturated heterocycles.